The number of rotatable bonds is 2. The predicted molar refractivity (Wildman–Crippen MR) is 88.9 cm³/mol. The van der Waals surface area contributed by atoms with E-state index in [4.69, 9.17) is 11.6 Å². The molecular formula is C16H16ClN5. The molecule has 1 saturated heterocycles. The number of hydrogen-bond acceptors (Lipinski definition) is 4. The van der Waals surface area contributed by atoms with Crippen molar-refractivity contribution in [2.75, 3.05) is 36.0 Å². The summed E-state index contributed by atoms with van der Waals surface area (Å²) in [6, 6.07) is 8.01. The average Bonchev–Trinajstić information content (AvgIpc) is 3.04. The van der Waals surface area contributed by atoms with E-state index in [0.29, 0.717) is 0 Å². The van der Waals surface area contributed by atoms with Gasteiger partial charge in [-0.2, -0.15) is 0 Å². The Labute approximate surface area is 133 Å². The maximum atomic E-state index is 6.29. The Kier molecular flexibility index (Phi) is 3.35. The van der Waals surface area contributed by atoms with Crippen molar-refractivity contribution in [1.82, 2.24) is 14.4 Å². The van der Waals surface area contributed by atoms with E-state index in [1.54, 1.807) is 6.20 Å². The molecule has 5 nitrogen and oxygen atoms in total. The van der Waals surface area contributed by atoms with Crippen molar-refractivity contribution in [3.63, 3.8) is 0 Å². The highest BCUT2D eigenvalue weighted by Gasteiger charge is 2.21. The lowest BCUT2D eigenvalue weighted by Gasteiger charge is -2.37. The van der Waals surface area contributed by atoms with Gasteiger partial charge in [0.25, 0.3) is 0 Å². The standard InChI is InChI=1S/C16H16ClN5/c17-13-3-1-2-4-14(13)20-9-11-22(12-10-20)16-15-18-5-7-21(15)8-6-19-16/h1-8H,9-12H2. The van der Waals surface area contributed by atoms with E-state index < -0.39 is 0 Å². The molecule has 0 aliphatic carbocycles. The van der Waals surface area contributed by atoms with Gasteiger partial charge in [0.15, 0.2) is 11.5 Å². The molecule has 1 aliphatic heterocycles. The maximum absolute atomic E-state index is 6.29. The third-order valence-corrected chi connectivity index (χ3v) is 4.38. The minimum absolute atomic E-state index is 0.810. The Bertz CT molecular complexity index is 792. The number of halogens is 1. The Hall–Kier alpha value is -2.27. The quantitative estimate of drug-likeness (QED) is 0.729. The molecule has 22 heavy (non-hydrogen) atoms. The van der Waals surface area contributed by atoms with Crippen molar-refractivity contribution in [2.24, 2.45) is 0 Å². The smallest absolute Gasteiger partial charge is 0.180 e. The Morgan fingerprint density at radius 3 is 2.32 bits per heavy atom. The number of nitrogens with zero attached hydrogens (tertiary/aromatic N) is 5. The zero-order chi connectivity index (χ0) is 14.9. The van der Waals surface area contributed by atoms with Gasteiger partial charge in [-0.3, -0.25) is 0 Å². The van der Waals surface area contributed by atoms with Crippen LogP contribution < -0.4 is 9.80 Å². The molecule has 2 aromatic heterocycles. The van der Waals surface area contributed by atoms with Crippen LogP contribution in [-0.2, 0) is 0 Å². The van der Waals surface area contributed by atoms with E-state index in [0.717, 1.165) is 48.4 Å². The normalized spacial score (nSPS) is 15.5. The van der Waals surface area contributed by atoms with Crippen LogP contribution >= 0.6 is 11.6 Å². The summed E-state index contributed by atoms with van der Waals surface area (Å²) in [6.45, 7) is 3.66. The largest absolute Gasteiger partial charge is 0.367 e. The van der Waals surface area contributed by atoms with Crippen LogP contribution in [0.15, 0.2) is 49.1 Å². The van der Waals surface area contributed by atoms with Gasteiger partial charge in [-0.15, -0.1) is 0 Å². The number of anilines is 2. The van der Waals surface area contributed by atoms with Crippen LogP contribution in [0.4, 0.5) is 11.5 Å². The SMILES string of the molecule is Clc1ccccc1N1CCN(c2nccn3ccnc23)CC1. The average molecular weight is 314 g/mol. The Balaban J connectivity index is 1.55. The van der Waals surface area contributed by atoms with Crippen LogP contribution in [0.3, 0.4) is 0 Å². The first kappa shape index (κ1) is 13.4. The molecular weight excluding hydrogens is 298 g/mol. The first-order chi connectivity index (χ1) is 10.8. The number of imidazole rings is 1. The van der Waals surface area contributed by atoms with Crippen LogP contribution in [0, 0.1) is 0 Å². The van der Waals surface area contributed by atoms with Crippen molar-refractivity contribution in [1.29, 1.82) is 0 Å². The first-order valence-corrected chi connectivity index (χ1v) is 7.73. The molecule has 0 bridgehead atoms. The Morgan fingerprint density at radius 1 is 0.864 bits per heavy atom. The zero-order valence-corrected chi connectivity index (χ0v) is 12.8. The number of para-hydroxylation sites is 1. The number of fused-ring (bicyclic) bond motifs is 1. The molecule has 6 heteroatoms. The first-order valence-electron chi connectivity index (χ1n) is 7.35. The molecule has 112 valence electrons. The van der Waals surface area contributed by atoms with Crippen LogP contribution in [0.1, 0.15) is 0 Å². The highest BCUT2D eigenvalue weighted by Crippen LogP contribution is 2.27. The summed E-state index contributed by atoms with van der Waals surface area (Å²) in [5.41, 5.74) is 2.02. The van der Waals surface area contributed by atoms with E-state index in [1.807, 2.05) is 41.2 Å². The fourth-order valence-electron chi connectivity index (χ4n) is 2.93. The molecule has 0 radical (unpaired) electrons. The van der Waals surface area contributed by atoms with Gasteiger partial charge >= 0.3 is 0 Å². The Morgan fingerprint density at radius 2 is 1.55 bits per heavy atom. The van der Waals surface area contributed by atoms with Gasteiger partial charge in [0.1, 0.15) is 0 Å². The lowest BCUT2D eigenvalue weighted by atomic mass is 10.2. The van der Waals surface area contributed by atoms with E-state index in [-0.39, 0.29) is 0 Å². The van der Waals surface area contributed by atoms with E-state index in [1.165, 1.54) is 0 Å². The molecule has 0 N–H and O–H groups in total. The molecule has 0 atom stereocenters. The van der Waals surface area contributed by atoms with Crippen molar-refractivity contribution in [3.05, 3.63) is 54.1 Å². The lowest BCUT2D eigenvalue weighted by Crippen LogP contribution is -2.47. The predicted octanol–water partition coefficient (Wildman–Crippen LogP) is 2.71. The van der Waals surface area contributed by atoms with E-state index >= 15 is 0 Å². The molecule has 0 saturated carbocycles. The summed E-state index contributed by atoms with van der Waals surface area (Å²) in [4.78, 5) is 13.5. The van der Waals surface area contributed by atoms with E-state index in [2.05, 4.69) is 25.8 Å². The number of benzene rings is 1. The van der Waals surface area contributed by atoms with Gasteiger partial charge in [0, 0.05) is 51.0 Å². The number of aromatic nitrogens is 3. The van der Waals surface area contributed by atoms with Gasteiger partial charge in [-0.1, -0.05) is 23.7 Å². The highest BCUT2D eigenvalue weighted by molar-refractivity contribution is 6.33. The van der Waals surface area contributed by atoms with Crippen molar-refractivity contribution < 1.29 is 0 Å². The van der Waals surface area contributed by atoms with Crippen molar-refractivity contribution in [3.8, 4) is 0 Å². The summed E-state index contributed by atoms with van der Waals surface area (Å²) >= 11 is 6.29. The molecule has 3 heterocycles. The molecule has 0 unspecified atom stereocenters. The third kappa shape index (κ3) is 2.27. The second kappa shape index (κ2) is 5.50. The maximum Gasteiger partial charge on any atom is 0.180 e. The van der Waals surface area contributed by atoms with E-state index in [9.17, 15) is 0 Å². The van der Waals surface area contributed by atoms with Crippen molar-refractivity contribution >= 4 is 28.8 Å². The molecule has 4 rings (SSSR count). The monoisotopic (exact) mass is 313 g/mol. The number of hydrogen-bond donors (Lipinski definition) is 0. The lowest BCUT2D eigenvalue weighted by molar-refractivity contribution is 0.647. The van der Waals surface area contributed by atoms with Gasteiger partial charge in [-0.25, -0.2) is 9.97 Å². The number of piperazine rings is 1. The molecule has 1 aromatic carbocycles. The van der Waals surface area contributed by atoms with Crippen LogP contribution in [0.5, 0.6) is 0 Å². The summed E-state index contributed by atoms with van der Waals surface area (Å²) in [7, 11) is 0. The molecule has 0 amide bonds. The third-order valence-electron chi connectivity index (χ3n) is 4.07. The minimum atomic E-state index is 0.810. The highest BCUT2D eigenvalue weighted by atomic mass is 35.5. The van der Waals surface area contributed by atoms with Gasteiger partial charge in [-0.05, 0) is 12.1 Å². The summed E-state index contributed by atoms with van der Waals surface area (Å²) in [5, 5.41) is 0.810. The fraction of sp³-hybridized carbons (Fsp3) is 0.250. The minimum Gasteiger partial charge on any atom is -0.367 e. The molecule has 3 aromatic rings. The topological polar surface area (TPSA) is 36.7 Å². The van der Waals surface area contributed by atoms with Crippen LogP contribution in [0.2, 0.25) is 5.02 Å². The molecule has 1 aliphatic rings. The summed E-state index contributed by atoms with van der Waals surface area (Å²) < 4.78 is 2.00. The molecule has 0 spiro atoms. The second-order valence-electron chi connectivity index (χ2n) is 5.33. The van der Waals surface area contributed by atoms with Crippen LogP contribution in [0.25, 0.3) is 5.65 Å². The summed E-state index contributed by atoms with van der Waals surface area (Å²) in [5.74, 6) is 0.950. The van der Waals surface area contributed by atoms with Gasteiger partial charge < -0.3 is 14.2 Å². The fourth-order valence-corrected chi connectivity index (χ4v) is 3.19. The van der Waals surface area contributed by atoms with Crippen LogP contribution in [-0.4, -0.2) is 40.5 Å². The van der Waals surface area contributed by atoms with Crippen molar-refractivity contribution in [2.45, 2.75) is 0 Å². The van der Waals surface area contributed by atoms with Gasteiger partial charge in [0.05, 0.1) is 10.7 Å². The summed E-state index contributed by atoms with van der Waals surface area (Å²) in [6.07, 6.45) is 7.50. The van der Waals surface area contributed by atoms with Gasteiger partial charge in [0.2, 0.25) is 0 Å². The zero-order valence-electron chi connectivity index (χ0n) is 12.1. The molecule has 1 fully saturated rings. The second-order valence-corrected chi connectivity index (χ2v) is 5.74.